The van der Waals surface area contributed by atoms with Crippen molar-refractivity contribution in [2.24, 2.45) is 0 Å². The number of rotatable bonds is 8. The normalized spacial score (nSPS) is 14.2. The maximum atomic E-state index is 12.2. The summed E-state index contributed by atoms with van der Waals surface area (Å²) in [5.41, 5.74) is 2.23. The Morgan fingerprint density at radius 2 is 1.90 bits per heavy atom. The highest BCUT2D eigenvalue weighted by molar-refractivity contribution is 6.31. The number of carboxylic acids is 1. The van der Waals surface area contributed by atoms with Gasteiger partial charge in [-0.1, -0.05) is 11.6 Å². The van der Waals surface area contributed by atoms with Crippen molar-refractivity contribution in [1.29, 1.82) is 5.26 Å². The lowest BCUT2D eigenvalue weighted by Crippen LogP contribution is -2.42. The number of aryl methyl sites for hydroxylation is 1. The zero-order valence-corrected chi connectivity index (χ0v) is 22.2. The Balaban J connectivity index is 0.000000673. The largest absolute Gasteiger partial charge is 0.496 e. The molecule has 12 heteroatoms. The lowest BCUT2D eigenvalue weighted by atomic mass is 10.1. The van der Waals surface area contributed by atoms with E-state index in [0.717, 1.165) is 48.8 Å². The number of benzene rings is 2. The molecule has 1 aliphatic rings. The number of nitrogens with one attached hydrogen (secondary N) is 1. The molecule has 39 heavy (non-hydrogen) atoms. The zero-order valence-electron chi connectivity index (χ0n) is 21.4. The Bertz CT molecular complexity index is 1210. The van der Waals surface area contributed by atoms with Gasteiger partial charge in [-0.25, -0.2) is 4.79 Å². The highest BCUT2D eigenvalue weighted by atomic mass is 35.5. The fraction of sp³-hybridized carbons (Fsp3) is 0.370. The number of alkyl halides is 3. The molecule has 0 unspecified atom stereocenters. The van der Waals surface area contributed by atoms with E-state index < -0.39 is 12.1 Å². The lowest BCUT2D eigenvalue weighted by molar-refractivity contribution is -0.192. The van der Waals surface area contributed by atoms with Gasteiger partial charge in [0.25, 0.3) is 0 Å². The molecule has 2 aromatic carbocycles. The summed E-state index contributed by atoms with van der Waals surface area (Å²) < 4.78 is 43.1. The predicted octanol–water partition coefficient (Wildman–Crippen LogP) is 4.83. The maximum Gasteiger partial charge on any atom is 0.490 e. The first kappa shape index (κ1) is 31.5. The van der Waals surface area contributed by atoms with Crippen molar-refractivity contribution >= 4 is 29.6 Å². The van der Waals surface area contributed by atoms with Gasteiger partial charge in [0, 0.05) is 42.8 Å². The van der Waals surface area contributed by atoms with Crippen LogP contribution in [0.2, 0.25) is 5.02 Å². The highest BCUT2D eigenvalue weighted by Crippen LogP contribution is 2.24. The van der Waals surface area contributed by atoms with Gasteiger partial charge < -0.3 is 24.8 Å². The molecule has 0 aromatic heterocycles. The van der Waals surface area contributed by atoms with Gasteiger partial charge in [0.2, 0.25) is 5.91 Å². The second-order valence-electron chi connectivity index (χ2n) is 8.57. The number of hydrogen-bond acceptors (Lipinski definition) is 6. The first-order valence-electron chi connectivity index (χ1n) is 11.9. The average molecular weight is 568 g/mol. The van der Waals surface area contributed by atoms with E-state index in [1.165, 1.54) is 6.08 Å². The van der Waals surface area contributed by atoms with Gasteiger partial charge in [0.05, 0.1) is 18.7 Å². The van der Waals surface area contributed by atoms with Crippen LogP contribution in [0.3, 0.4) is 0 Å². The highest BCUT2D eigenvalue weighted by Gasteiger charge is 2.38. The molecule has 0 spiro atoms. The topological polar surface area (TPSA) is 112 Å². The Kier molecular flexibility index (Phi) is 12.1. The molecule has 0 aliphatic carbocycles. The molecule has 1 fully saturated rings. The van der Waals surface area contributed by atoms with Crippen molar-refractivity contribution in [3.05, 3.63) is 64.2 Å². The van der Waals surface area contributed by atoms with Crippen molar-refractivity contribution in [2.75, 3.05) is 33.3 Å². The van der Waals surface area contributed by atoms with E-state index in [9.17, 15) is 18.0 Å². The van der Waals surface area contributed by atoms with Crippen molar-refractivity contribution in [3.8, 4) is 17.6 Å². The lowest BCUT2D eigenvalue weighted by Gasteiger charge is -2.32. The summed E-state index contributed by atoms with van der Waals surface area (Å²) in [6, 6.07) is 12.9. The van der Waals surface area contributed by atoms with E-state index in [2.05, 4.69) is 16.3 Å². The zero-order chi connectivity index (χ0) is 29.0. The van der Waals surface area contributed by atoms with Gasteiger partial charge >= 0.3 is 12.1 Å². The van der Waals surface area contributed by atoms with Crippen LogP contribution >= 0.6 is 11.6 Å². The third-order valence-corrected chi connectivity index (χ3v) is 6.13. The van der Waals surface area contributed by atoms with Crippen LogP contribution in [-0.4, -0.2) is 67.5 Å². The van der Waals surface area contributed by atoms with E-state index >= 15 is 0 Å². The van der Waals surface area contributed by atoms with E-state index in [4.69, 9.17) is 36.2 Å². The molecule has 210 valence electrons. The van der Waals surface area contributed by atoms with Crippen LogP contribution in [-0.2, 0) is 9.59 Å². The van der Waals surface area contributed by atoms with Gasteiger partial charge in [-0.05, 0) is 67.8 Å². The number of piperidine rings is 1. The van der Waals surface area contributed by atoms with Crippen molar-refractivity contribution in [1.82, 2.24) is 10.2 Å². The number of methoxy groups -OCH3 is 1. The molecule has 1 heterocycles. The van der Waals surface area contributed by atoms with Gasteiger partial charge in [-0.3, -0.25) is 4.79 Å². The quantitative estimate of drug-likeness (QED) is 0.439. The number of halogens is 4. The molecule has 8 nitrogen and oxygen atoms in total. The SMILES string of the molecule is COc1ccc(C#N)cc1C=CC(=O)NCCN1CCC(Oc2ccc(Cl)c(C)c2)CC1.O=C(O)C(F)(F)F. The number of nitriles is 1. The van der Waals surface area contributed by atoms with Crippen LogP contribution in [0.1, 0.15) is 29.5 Å². The first-order chi connectivity index (χ1) is 18.4. The fourth-order valence-corrected chi connectivity index (χ4v) is 3.75. The Morgan fingerprint density at radius 1 is 1.23 bits per heavy atom. The number of nitrogens with zero attached hydrogens (tertiary/aromatic N) is 2. The number of aliphatic carboxylic acids is 1. The van der Waals surface area contributed by atoms with Gasteiger partial charge in [-0.15, -0.1) is 0 Å². The number of carbonyl (C=O) groups is 2. The number of ether oxygens (including phenoxy) is 2. The van der Waals surface area contributed by atoms with E-state index in [0.29, 0.717) is 23.4 Å². The average Bonchev–Trinajstić information content (AvgIpc) is 2.90. The number of amides is 1. The van der Waals surface area contributed by atoms with Crippen LogP contribution in [0.4, 0.5) is 13.2 Å². The summed E-state index contributed by atoms with van der Waals surface area (Å²) >= 11 is 6.08. The third-order valence-electron chi connectivity index (χ3n) is 5.71. The Hall–Kier alpha value is -3.75. The molecule has 2 aromatic rings. The summed E-state index contributed by atoms with van der Waals surface area (Å²) in [7, 11) is 1.56. The maximum absolute atomic E-state index is 12.2. The molecule has 3 rings (SSSR count). The van der Waals surface area contributed by atoms with Gasteiger partial charge in [-0.2, -0.15) is 18.4 Å². The number of hydrogen-bond donors (Lipinski definition) is 2. The van der Waals surface area contributed by atoms with Gasteiger partial charge in [0.15, 0.2) is 0 Å². The minimum Gasteiger partial charge on any atom is -0.496 e. The summed E-state index contributed by atoms with van der Waals surface area (Å²) in [4.78, 5) is 23.4. The van der Waals surface area contributed by atoms with Crippen molar-refractivity contribution in [3.63, 3.8) is 0 Å². The fourth-order valence-electron chi connectivity index (χ4n) is 3.63. The van der Waals surface area contributed by atoms with Crippen LogP contribution in [0, 0.1) is 18.3 Å². The van der Waals surface area contributed by atoms with Crippen LogP contribution < -0.4 is 14.8 Å². The second-order valence-corrected chi connectivity index (χ2v) is 8.97. The molecule has 2 N–H and O–H groups in total. The monoisotopic (exact) mass is 567 g/mol. The summed E-state index contributed by atoms with van der Waals surface area (Å²) in [5, 5.41) is 19.8. The van der Waals surface area contributed by atoms with Gasteiger partial charge in [0.1, 0.15) is 17.6 Å². The van der Waals surface area contributed by atoms with E-state index in [-0.39, 0.29) is 12.0 Å². The standard InChI is InChI=1S/C25H28ClN3O3.C2HF3O2/c1-18-15-22(5-6-23(18)26)32-21-9-12-29(13-10-21)14-11-28-25(30)8-4-20-16-19(17-27)3-7-24(20)31-2;3-2(4,5)1(6)7/h3-8,15-16,21H,9-14H2,1-2H3,(H,28,30);(H,6,7). The van der Waals surface area contributed by atoms with Crippen LogP contribution in [0.25, 0.3) is 6.08 Å². The predicted molar refractivity (Wildman–Crippen MR) is 140 cm³/mol. The third kappa shape index (κ3) is 10.9. The molecular formula is C27H29ClF3N3O5. The Labute approximate surface area is 229 Å². The van der Waals surface area contributed by atoms with Crippen LogP contribution in [0.5, 0.6) is 11.5 Å². The minimum atomic E-state index is -5.08. The smallest absolute Gasteiger partial charge is 0.490 e. The second kappa shape index (κ2) is 15.0. The molecule has 1 saturated heterocycles. The molecule has 1 amide bonds. The minimum absolute atomic E-state index is 0.175. The number of likely N-dealkylation sites (tertiary alicyclic amines) is 1. The molecule has 0 atom stereocenters. The molecular weight excluding hydrogens is 539 g/mol. The molecule has 1 aliphatic heterocycles. The van der Waals surface area contributed by atoms with Crippen molar-refractivity contribution < 1.29 is 37.3 Å². The molecule has 0 saturated carbocycles. The van der Waals surface area contributed by atoms with E-state index in [1.807, 2.05) is 25.1 Å². The van der Waals surface area contributed by atoms with E-state index in [1.54, 1.807) is 31.4 Å². The summed E-state index contributed by atoms with van der Waals surface area (Å²) in [5.74, 6) is -1.45. The molecule has 0 radical (unpaired) electrons. The first-order valence-corrected chi connectivity index (χ1v) is 12.3. The number of carbonyl (C=O) groups excluding carboxylic acids is 1. The number of carboxylic acid groups (broad SMARTS) is 1. The van der Waals surface area contributed by atoms with Crippen molar-refractivity contribution in [2.45, 2.75) is 32.0 Å². The summed E-state index contributed by atoms with van der Waals surface area (Å²) in [6.07, 6.45) is 0.141. The Morgan fingerprint density at radius 3 is 2.46 bits per heavy atom. The molecule has 0 bridgehead atoms. The summed E-state index contributed by atoms with van der Waals surface area (Å²) in [6.45, 7) is 5.20. The van der Waals surface area contributed by atoms with Crippen LogP contribution in [0.15, 0.2) is 42.5 Å².